The van der Waals surface area contributed by atoms with Crippen molar-refractivity contribution >= 4 is 52.6 Å². The lowest BCUT2D eigenvalue weighted by Gasteiger charge is -2.49. The average Bonchev–Trinajstić information content (AvgIpc) is 3.20. The Morgan fingerprint density at radius 2 is 2.14 bits per heavy atom. The Labute approximate surface area is 181 Å². The topological polar surface area (TPSA) is 87.5 Å². The second-order valence-electron chi connectivity index (χ2n) is 6.40. The van der Waals surface area contributed by atoms with Crippen LogP contribution in [0.15, 0.2) is 58.2 Å². The fourth-order valence-electron chi connectivity index (χ4n) is 3.20. The number of aliphatic carboxylic acids is 1. The summed E-state index contributed by atoms with van der Waals surface area (Å²) in [6.45, 7) is 1.91. The zero-order chi connectivity index (χ0) is 20.5. The molecule has 10 heteroatoms. The lowest BCUT2D eigenvalue weighted by Crippen LogP contribution is -2.70. The second kappa shape index (κ2) is 8.21. The third-order valence-electron chi connectivity index (χ3n) is 4.61. The number of carbonyl (C=O) groups excluding carboxylic acids is 1. The smallest absolute Gasteiger partial charge is 0.353 e. The van der Waals surface area contributed by atoms with Gasteiger partial charge in [-0.2, -0.15) is 5.10 Å². The van der Waals surface area contributed by atoms with Crippen molar-refractivity contribution in [3.8, 4) is 5.69 Å². The lowest BCUT2D eigenvalue weighted by molar-refractivity contribution is -0.148. The Morgan fingerprint density at radius 3 is 2.83 bits per heavy atom. The summed E-state index contributed by atoms with van der Waals surface area (Å²) in [7, 11) is 0. The van der Waals surface area contributed by atoms with Crippen molar-refractivity contribution in [1.82, 2.24) is 20.0 Å². The van der Waals surface area contributed by atoms with Crippen molar-refractivity contribution in [2.24, 2.45) is 0 Å². The SMILES string of the molecule is CCC(=S)N[C@@H]1C(=O)N2C(C(=O)O)=C(Sc3ccnn3-c3ccccc3)CS[C@@H]12. The van der Waals surface area contributed by atoms with E-state index in [0.29, 0.717) is 22.1 Å². The van der Waals surface area contributed by atoms with E-state index in [1.54, 1.807) is 22.6 Å². The molecule has 29 heavy (non-hydrogen) atoms. The number of carboxylic acids is 1. The number of β-lactam (4-membered cyclic amide) rings is 1. The summed E-state index contributed by atoms with van der Waals surface area (Å²) < 4.78 is 1.76. The van der Waals surface area contributed by atoms with Crippen LogP contribution in [-0.4, -0.2) is 53.8 Å². The molecule has 2 N–H and O–H groups in total. The predicted molar refractivity (Wildman–Crippen MR) is 117 cm³/mol. The predicted octanol–water partition coefficient (Wildman–Crippen LogP) is 2.87. The number of carboxylic acid groups (broad SMARTS) is 1. The number of amides is 1. The van der Waals surface area contributed by atoms with Gasteiger partial charge in [0.1, 0.15) is 22.1 Å². The van der Waals surface area contributed by atoms with Crippen molar-refractivity contribution in [2.45, 2.75) is 29.8 Å². The van der Waals surface area contributed by atoms with Crippen LogP contribution in [0.5, 0.6) is 0 Å². The summed E-state index contributed by atoms with van der Waals surface area (Å²) in [5.41, 5.74) is 0.932. The van der Waals surface area contributed by atoms with Gasteiger partial charge in [0.15, 0.2) is 0 Å². The Bertz CT molecular complexity index is 1010. The highest BCUT2D eigenvalue weighted by Crippen LogP contribution is 2.45. The summed E-state index contributed by atoms with van der Waals surface area (Å²) in [4.78, 5) is 27.3. The molecule has 0 spiro atoms. The Balaban J connectivity index is 1.62. The van der Waals surface area contributed by atoms with E-state index < -0.39 is 12.0 Å². The molecular weight excluding hydrogens is 428 g/mol. The molecule has 0 bridgehead atoms. The molecule has 1 aromatic carbocycles. The van der Waals surface area contributed by atoms with Crippen molar-refractivity contribution in [3.63, 3.8) is 0 Å². The number of carbonyl (C=O) groups is 2. The van der Waals surface area contributed by atoms with Crippen molar-refractivity contribution < 1.29 is 14.7 Å². The standard InChI is InChI=1S/C19H18N4O3S3/c1-2-13(27)21-15-17(24)22-16(19(25)26)12(10-28-18(15)22)29-14-8-9-20-23(14)11-6-4-3-5-7-11/h3-9,15,18H,2,10H2,1H3,(H,21,27)(H,25,26)/t15-,18+/m1/s1. The first-order valence-electron chi connectivity index (χ1n) is 8.99. The number of aromatic nitrogens is 2. The number of rotatable bonds is 6. The van der Waals surface area contributed by atoms with Crippen LogP contribution in [0, 0.1) is 0 Å². The van der Waals surface area contributed by atoms with Crippen LogP contribution < -0.4 is 5.32 Å². The highest BCUT2D eigenvalue weighted by atomic mass is 32.2. The van der Waals surface area contributed by atoms with E-state index in [0.717, 1.165) is 10.7 Å². The summed E-state index contributed by atoms with van der Waals surface area (Å²) in [5, 5.41) is 17.8. The normalized spacial score (nSPS) is 20.9. The first-order valence-corrected chi connectivity index (χ1v) is 11.3. The first kappa shape index (κ1) is 20.0. The van der Waals surface area contributed by atoms with E-state index in [-0.39, 0.29) is 17.0 Å². The maximum atomic E-state index is 12.7. The summed E-state index contributed by atoms with van der Waals surface area (Å²) in [6.07, 6.45) is 2.32. The highest BCUT2D eigenvalue weighted by Gasteiger charge is 2.54. The van der Waals surface area contributed by atoms with Gasteiger partial charge in [-0.1, -0.05) is 49.1 Å². The quantitative estimate of drug-likeness (QED) is 0.517. The van der Waals surface area contributed by atoms with Gasteiger partial charge in [-0.3, -0.25) is 9.69 Å². The maximum absolute atomic E-state index is 12.7. The number of thioether (sulfide) groups is 2. The van der Waals surface area contributed by atoms with Gasteiger partial charge in [0.25, 0.3) is 5.91 Å². The van der Waals surface area contributed by atoms with Crippen molar-refractivity contribution in [3.05, 3.63) is 53.2 Å². The van der Waals surface area contributed by atoms with Crippen LogP contribution in [0.3, 0.4) is 0 Å². The third-order valence-corrected chi connectivity index (χ3v) is 7.58. The number of benzene rings is 1. The van der Waals surface area contributed by atoms with E-state index in [2.05, 4.69) is 10.4 Å². The first-order chi connectivity index (χ1) is 14.0. The summed E-state index contributed by atoms with van der Waals surface area (Å²) in [5.74, 6) is -0.865. The number of fused-ring (bicyclic) bond motifs is 1. The van der Waals surface area contributed by atoms with Crippen molar-refractivity contribution in [1.29, 1.82) is 0 Å². The monoisotopic (exact) mass is 446 g/mol. The van der Waals surface area contributed by atoms with Crippen LogP contribution in [0.4, 0.5) is 0 Å². The van der Waals surface area contributed by atoms with E-state index in [4.69, 9.17) is 12.2 Å². The number of nitrogens with one attached hydrogen (secondary N) is 1. The van der Waals surface area contributed by atoms with Gasteiger partial charge >= 0.3 is 5.97 Å². The van der Waals surface area contributed by atoms with Crippen LogP contribution in [0.1, 0.15) is 13.3 Å². The Kier molecular flexibility index (Phi) is 5.66. The number of nitrogens with zero attached hydrogens (tertiary/aromatic N) is 3. The maximum Gasteiger partial charge on any atom is 0.353 e. The minimum atomic E-state index is -1.10. The lowest BCUT2D eigenvalue weighted by atomic mass is 10.1. The fourth-order valence-corrected chi connectivity index (χ4v) is 5.87. The molecule has 4 rings (SSSR count). The molecule has 2 aliphatic heterocycles. The minimum absolute atomic E-state index is 0.0463. The zero-order valence-corrected chi connectivity index (χ0v) is 17.9. The largest absolute Gasteiger partial charge is 0.477 e. The Morgan fingerprint density at radius 1 is 1.38 bits per heavy atom. The van der Waals surface area contributed by atoms with Gasteiger partial charge in [0.05, 0.1) is 16.9 Å². The van der Waals surface area contributed by atoms with Crippen LogP contribution >= 0.6 is 35.7 Å². The molecular formula is C19H18N4O3S3. The molecule has 0 saturated carbocycles. The number of para-hydroxylation sites is 1. The molecule has 1 amide bonds. The van der Waals surface area contributed by atoms with Gasteiger partial charge < -0.3 is 10.4 Å². The third kappa shape index (κ3) is 3.67. The molecule has 150 valence electrons. The van der Waals surface area contributed by atoms with E-state index >= 15 is 0 Å². The Hall–Kier alpha value is -2.30. The van der Waals surface area contributed by atoms with Gasteiger partial charge in [-0.25, -0.2) is 9.48 Å². The molecule has 7 nitrogen and oxygen atoms in total. The van der Waals surface area contributed by atoms with Gasteiger partial charge in [-0.15, -0.1) is 11.8 Å². The molecule has 1 aromatic heterocycles. The van der Waals surface area contributed by atoms with Gasteiger partial charge in [-0.05, 0) is 24.6 Å². The molecule has 1 saturated heterocycles. The number of hydrogen-bond donors (Lipinski definition) is 2. The average molecular weight is 447 g/mol. The molecule has 0 aliphatic carbocycles. The number of hydrogen-bond acceptors (Lipinski definition) is 6. The van der Waals surface area contributed by atoms with E-state index in [9.17, 15) is 14.7 Å². The molecule has 1 fully saturated rings. The number of thiocarbonyl (C=S) groups is 1. The van der Waals surface area contributed by atoms with Gasteiger partial charge in [0, 0.05) is 10.7 Å². The van der Waals surface area contributed by atoms with Crippen LogP contribution in [-0.2, 0) is 9.59 Å². The molecule has 2 aromatic rings. The minimum Gasteiger partial charge on any atom is -0.477 e. The van der Waals surface area contributed by atoms with Crippen LogP contribution in [0.2, 0.25) is 0 Å². The molecule has 0 unspecified atom stereocenters. The van der Waals surface area contributed by atoms with Crippen molar-refractivity contribution in [2.75, 3.05) is 5.75 Å². The second-order valence-corrected chi connectivity index (χ2v) is 9.12. The van der Waals surface area contributed by atoms with Gasteiger partial charge in [0.2, 0.25) is 0 Å². The summed E-state index contributed by atoms with van der Waals surface area (Å²) in [6, 6.07) is 11.0. The molecule has 0 radical (unpaired) electrons. The molecule has 2 atom stereocenters. The van der Waals surface area contributed by atoms with E-state index in [1.165, 1.54) is 16.7 Å². The highest BCUT2D eigenvalue weighted by molar-refractivity contribution is 8.06. The molecule has 3 heterocycles. The van der Waals surface area contributed by atoms with Crippen LogP contribution in [0.25, 0.3) is 5.69 Å². The fraction of sp³-hybridized carbons (Fsp3) is 0.263. The summed E-state index contributed by atoms with van der Waals surface area (Å²) >= 11 is 8.06. The van der Waals surface area contributed by atoms with E-state index in [1.807, 2.05) is 43.3 Å². The zero-order valence-electron chi connectivity index (χ0n) is 15.4. The molecule has 2 aliphatic rings.